The van der Waals surface area contributed by atoms with Gasteiger partial charge in [0.25, 0.3) is 0 Å². The lowest BCUT2D eigenvalue weighted by Crippen LogP contribution is -2.42. The van der Waals surface area contributed by atoms with Crippen molar-refractivity contribution >= 4 is 11.4 Å². The Bertz CT molecular complexity index is 489. The van der Waals surface area contributed by atoms with Crippen LogP contribution in [0, 0.1) is 18.2 Å². The summed E-state index contributed by atoms with van der Waals surface area (Å²) in [6, 6.07) is 3.02. The summed E-state index contributed by atoms with van der Waals surface area (Å²) in [5.41, 5.74) is 7.07. The molecule has 1 fully saturated rings. The first-order valence-electron chi connectivity index (χ1n) is 7.23. The largest absolute Gasteiger partial charge is 0.397 e. The van der Waals surface area contributed by atoms with E-state index >= 15 is 0 Å². The summed E-state index contributed by atoms with van der Waals surface area (Å²) in [5, 5.41) is 13.8. The van der Waals surface area contributed by atoms with Crippen LogP contribution in [0.4, 0.5) is 15.8 Å². The van der Waals surface area contributed by atoms with E-state index in [9.17, 15) is 9.50 Å². The van der Waals surface area contributed by atoms with E-state index in [-0.39, 0.29) is 5.82 Å². The SMILES string of the molecule is Cc1cc(NCC2(O)CCC(C)(C)CC2)c(N)cc1F. The molecule has 1 saturated carbocycles. The zero-order chi connectivity index (χ0) is 15.0. The summed E-state index contributed by atoms with van der Waals surface area (Å²) in [7, 11) is 0. The van der Waals surface area contributed by atoms with Gasteiger partial charge in [0, 0.05) is 6.54 Å². The van der Waals surface area contributed by atoms with E-state index in [1.165, 1.54) is 6.07 Å². The second kappa shape index (κ2) is 5.24. The van der Waals surface area contributed by atoms with E-state index in [1.54, 1.807) is 13.0 Å². The van der Waals surface area contributed by atoms with E-state index in [1.807, 2.05) is 0 Å². The zero-order valence-electron chi connectivity index (χ0n) is 12.6. The Morgan fingerprint density at radius 2 is 1.85 bits per heavy atom. The van der Waals surface area contributed by atoms with Crippen LogP contribution in [-0.4, -0.2) is 17.3 Å². The molecule has 0 unspecified atom stereocenters. The first-order valence-corrected chi connectivity index (χ1v) is 7.23. The summed E-state index contributed by atoms with van der Waals surface area (Å²) in [6.07, 6.45) is 3.60. The summed E-state index contributed by atoms with van der Waals surface area (Å²) in [4.78, 5) is 0. The van der Waals surface area contributed by atoms with Crippen molar-refractivity contribution in [3.63, 3.8) is 0 Å². The molecule has 0 spiro atoms. The van der Waals surface area contributed by atoms with Crippen molar-refractivity contribution in [3.8, 4) is 0 Å². The molecule has 1 aliphatic rings. The Morgan fingerprint density at radius 3 is 2.45 bits per heavy atom. The Hall–Kier alpha value is -1.29. The fourth-order valence-electron chi connectivity index (χ4n) is 2.68. The molecule has 2 rings (SSSR count). The number of nitrogens with two attached hydrogens (primary N) is 1. The smallest absolute Gasteiger partial charge is 0.128 e. The van der Waals surface area contributed by atoms with Gasteiger partial charge >= 0.3 is 0 Å². The van der Waals surface area contributed by atoms with Crippen LogP contribution < -0.4 is 11.1 Å². The number of nitrogens with one attached hydrogen (secondary N) is 1. The number of benzene rings is 1. The average molecular weight is 280 g/mol. The summed E-state index contributed by atoms with van der Waals surface area (Å²) >= 11 is 0. The van der Waals surface area contributed by atoms with Crippen LogP contribution in [0.3, 0.4) is 0 Å². The lowest BCUT2D eigenvalue weighted by Gasteiger charge is -2.40. The molecule has 1 aromatic carbocycles. The van der Waals surface area contributed by atoms with E-state index in [0.29, 0.717) is 28.9 Å². The molecule has 3 nitrogen and oxygen atoms in total. The minimum Gasteiger partial charge on any atom is -0.397 e. The summed E-state index contributed by atoms with van der Waals surface area (Å²) in [6.45, 7) is 6.64. The van der Waals surface area contributed by atoms with Crippen molar-refractivity contribution < 1.29 is 9.50 Å². The van der Waals surface area contributed by atoms with Gasteiger partial charge in [0.1, 0.15) is 5.82 Å². The second-order valence-corrected chi connectivity index (χ2v) is 6.93. The third kappa shape index (κ3) is 3.42. The molecule has 4 heteroatoms. The standard InChI is InChI=1S/C16H25FN2O/c1-11-8-14(13(18)9-12(11)17)19-10-16(20)6-4-15(2,3)5-7-16/h8-9,19-20H,4-7,10,18H2,1-3H3. The molecular weight excluding hydrogens is 255 g/mol. The molecule has 0 radical (unpaired) electrons. The highest BCUT2D eigenvalue weighted by Gasteiger charge is 2.36. The van der Waals surface area contributed by atoms with Gasteiger partial charge < -0.3 is 16.2 Å². The van der Waals surface area contributed by atoms with Gasteiger partial charge in [-0.15, -0.1) is 0 Å². The fourth-order valence-corrected chi connectivity index (χ4v) is 2.68. The lowest BCUT2D eigenvalue weighted by atomic mass is 9.71. The maximum absolute atomic E-state index is 13.4. The van der Waals surface area contributed by atoms with Gasteiger partial charge in [-0.1, -0.05) is 13.8 Å². The Balaban J connectivity index is 2.00. The van der Waals surface area contributed by atoms with Crippen LogP contribution >= 0.6 is 0 Å². The van der Waals surface area contributed by atoms with Gasteiger partial charge in [0.05, 0.1) is 17.0 Å². The molecule has 1 aliphatic carbocycles. The van der Waals surface area contributed by atoms with Crippen LogP contribution in [0.1, 0.15) is 45.1 Å². The zero-order valence-corrected chi connectivity index (χ0v) is 12.6. The maximum Gasteiger partial charge on any atom is 0.128 e. The van der Waals surface area contributed by atoms with Crippen molar-refractivity contribution in [2.75, 3.05) is 17.6 Å². The molecule has 112 valence electrons. The maximum atomic E-state index is 13.4. The fraction of sp³-hybridized carbons (Fsp3) is 0.625. The predicted octanol–water partition coefficient (Wildman–Crippen LogP) is 3.46. The van der Waals surface area contributed by atoms with E-state index in [4.69, 9.17) is 5.73 Å². The monoisotopic (exact) mass is 280 g/mol. The number of anilines is 2. The minimum absolute atomic E-state index is 0.300. The highest BCUT2D eigenvalue weighted by molar-refractivity contribution is 5.67. The first-order chi connectivity index (χ1) is 9.21. The van der Waals surface area contributed by atoms with E-state index in [0.717, 1.165) is 25.7 Å². The number of aliphatic hydroxyl groups is 1. The molecule has 0 heterocycles. The third-order valence-electron chi connectivity index (χ3n) is 4.47. The number of rotatable bonds is 3. The predicted molar refractivity (Wildman–Crippen MR) is 81.2 cm³/mol. The molecule has 4 N–H and O–H groups in total. The van der Waals surface area contributed by atoms with Gasteiger partial charge in [0.15, 0.2) is 0 Å². The minimum atomic E-state index is -0.690. The average Bonchev–Trinajstić information content (AvgIpc) is 2.37. The van der Waals surface area contributed by atoms with Gasteiger partial charge in [0.2, 0.25) is 0 Å². The molecule has 1 aromatic rings. The summed E-state index contributed by atoms with van der Waals surface area (Å²) in [5.74, 6) is -0.300. The molecular formula is C16H25FN2O. The van der Waals surface area contributed by atoms with E-state index < -0.39 is 5.60 Å². The number of nitrogen functional groups attached to an aromatic ring is 1. The lowest BCUT2D eigenvalue weighted by molar-refractivity contribution is -0.0145. The normalized spacial score (nSPS) is 20.6. The van der Waals surface area contributed by atoms with Crippen LogP contribution in [-0.2, 0) is 0 Å². The van der Waals surface area contributed by atoms with Gasteiger partial charge in [-0.25, -0.2) is 4.39 Å². The molecule has 20 heavy (non-hydrogen) atoms. The number of hydrogen-bond acceptors (Lipinski definition) is 3. The van der Waals surface area contributed by atoms with Crippen molar-refractivity contribution in [1.82, 2.24) is 0 Å². The van der Waals surface area contributed by atoms with Gasteiger partial charge in [-0.2, -0.15) is 0 Å². The Kier molecular flexibility index (Phi) is 3.96. The molecule has 0 saturated heterocycles. The third-order valence-corrected chi connectivity index (χ3v) is 4.47. The van der Waals surface area contributed by atoms with Crippen LogP contribution in [0.25, 0.3) is 0 Å². The van der Waals surface area contributed by atoms with Crippen molar-refractivity contribution in [2.45, 2.75) is 52.1 Å². The highest BCUT2D eigenvalue weighted by Crippen LogP contribution is 2.40. The van der Waals surface area contributed by atoms with Crippen LogP contribution in [0.15, 0.2) is 12.1 Å². The number of halogens is 1. The number of aryl methyl sites for hydroxylation is 1. The van der Waals surface area contributed by atoms with Crippen LogP contribution in [0.5, 0.6) is 0 Å². The highest BCUT2D eigenvalue weighted by atomic mass is 19.1. The van der Waals surface area contributed by atoms with Crippen molar-refractivity contribution in [2.24, 2.45) is 5.41 Å². The molecule has 0 amide bonds. The van der Waals surface area contributed by atoms with Crippen molar-refractivity contribution in [1.29, 1.82) is 0 Å². The Labute approximate surface area is 120 Å². The van der Waals surface area contributed by atoms with Crippen molar-refractivity contribution in [3.05, 3.63) is 23.5 Å². The topological polar surface area (TPSA) is 58.3 Å². The molecule has 0 aromatic heterocycles. The first kappa shape index (κ1) is 15.1. The molecule has 0 aliphatic heterocycles. The van der Waals surface area contributed by atoms with Crippen LogP contribution in [0.2, 0.25) is 0 Å². The van der Waals surface area contributed by atoms with Gasteiger partial charge in [-0.3, -0.25) is 0 Å². The number of hydrogen-bond donors (Lipinski definition) is 3. The van der Waals surface area contributed by atoms with Gasteiger partial charge in [-0.05, 0) is 55.7 Å². The molecule has 0 bridgehead atoms. The quantitative estimate of drug-likeness (QED) is 0.743. The molecule has 0 atom stereocenters. The van der Waals surface area contributed by atoms with E-state index in [2.05, 4.69) is 19.2 Å². The Morgan fingerprint density at radius 1 is 1.25 bits per heavy atom. The second-order valence-electron chi connectivity index (χ2n) is 6.93. The summed E-state index contributed by atoms with van der Waals surface area (Å²) < 4.78 is 13.4.